The van der Waals surface area contributed by atoms with E-state index in [0.717, 1.165) is 42.9 Å². The fraction of sp³-hybridized carbons (Fsp3) is 0.375. The highest BCUT2D eigenvalue weighted by molar-refractivity contribution is 5.81. The van der Waals surface area contributed by atoms with E-state index in [1.807, 2.05) is 65.3 Å². The normalized spacial score (nSPS) is 13.8. The molecule has 1 aliphatic rings. The highest BCUT2D eigenvalue weighted by atomic mass is 16.5. The maximum absolute atomic E-state index is 12.9. The zero-order chi connectivity index (χ0) is 21.6. The summed E-state index contributed by atoms with van der Waals surface area (Å²) in [6.45, 7) is 4.35. The summed E-state index contributed by atoms with van der Waals surface area (Å²) in [6.07, 6.45) is 3.34. The minimum Gasteiger partial charge on any atom is -0.497 e. The van der Waals surface area contributed by atoms with Crippen LogP contribution < -0.4 is 9.64 Å². The van der Waals surface area contributed by atoms with Gasteiger partial charge in [0, 0.05) is 24.3 Å². The zero-order valence-electron chi connectivity index (χ0n) is 18.1. The third kappa shape index (κ3) is 5.23. The molecule has 1 aliphatic heterocycles. The molecule has 3 aromatic rings. The summed E-state index contributed by atoms with van der Waals surface area (Å²) in [4.78, 5) is 21.5. The van der Waals surface area contributed by atoms with Crippen molar-refractivity contribution in [3.8, 4) is 17.1 Å². The molecule has 0 aliphatic carbocycles. The second-order valence-electron chi connectivity index (χ2n) is 7.88. The van der Waals surface area contributed by atoms with Crippen LogP contribution >= 0.6 is 0 Å². The standard InChI is InChI=1S/C24H28N4O3/c1-18-9-11-20(12-10-18)28(17-23(29)27-13-4-3-5-14-27)16-22-25-24(26-31-22)19-7-6-8-21(15-19)30-2/h6-12,15H,3-5,13-14,16-17H2,1-2H3. The molecule has 1 saturated heterocycles. The second kappa shape index (κ2) is 9.64. The predicted octanol–water partition coefficient (Wildman–Crippen LogP) is 4.07. The Morgan fingerprint density at radius 2 is 1.90 bits per heavy atom. The monoisotopic (exact) mass is 420 g/mol. The summed E-state index contributed by atoms with van der Waals surface area (Å²) in [5.74, 6) is 1.83. The molecular formula is C24H28N4O3. The molecule has 0 saturated carbocycles. The Balaban J connectivity index is 1.53. The van der Waals surface area contributed by atoms with Crippen molar-refractivity contribution in [3.05, 3.63) is 60.0 Å². The maximum Gasteiger partial charge on any atom is 0.246 e. The third-order valence-electron chi connectivity index (χ3n) is 5.56. The molecule has 0 spiro atoms. The number of rotatable bonds is 7. The SMILES string of the molecule is COc1cccc(-c2noc(CN(CC(=O)N3CCCCC3)c3ccc(C)cc3)n2)c1. The summed E-state index contributed by atoms with van der Waals surface area (Å²) in [6, 6.07) is 15.7. The largest absolute Gasteiger partial charge is 0.497 e. The van der Waals surface area contributed by atoms with Crippen molar-refractivity contribution in [1.29, 1.82) is 0 Å². The van der Waals surface area contributed by atoms with E-state index in [9.17, 15) is 4.79 Å². The number of likely N-dealkylation sites (tertiary alicyclic amines) is 1. The van der Waals surface area contributed by atoms with Gasteiger partial charge in [0.1, 0.15) is 5.75 Å². The van der Waals surface area contributed by atoms with Crippen LogP contribution in [-0.2, 0) is 11.3 Å². The number of benzene rings is 2. The van der Waals surface area contributed by atoms with Gasteiger partial charge in [-0.25, -0.2) is 0 Å². The van der Waals surface area contributed by atoms with Crippen molar-refractivity contribution in [2.75, 3.05) is 31.6 Å². The van der Waals surface area contributed by atoms with Crippen LogP contribution in [0.25, 0.3) is 11.4 Å². The lowest BCUT2D eigenvalue weighted by molar-refractivity contribution is -0.130. The molecule has 162 valence electrons. The van der Waals surface area contributed by atoms with E-state index in [4.69, 9.17) is 9.26 Å². The number of nitrogens with zero attached hydrogens (tertiary/aromatic N) is 4. The number of hydrogen-bond donors (Lipinski definition) is 0. The number of ether oxygens (including phenoxy) is 1. The van der Waals surface area contributed by atoms with Crippen LogP contribution in [0.4, 0.5) is 5.69 Å². The molecule has 7 nitrogen and oxygen atoms in total. The average Bonchev–Trinajstić information content (AvgIpc) is 3.28. The van der Waals surface area contributed by atoms with Crippen LogP contribution in [0.1, 0.15) is 30.7 Å². The fourth-order valence-electron chi connectivity index (χ4n) is 3.76. The van der Waals surface area contributed by atoms with Crippen molar-refractivity contribution >= 4 is 11.6 Å². The van der Waals surface area contributed by atoms with E-state index in [0.29, 0.717) is 18.3 Å². The number of piperidine rings is 1. The van der Waals surface area contributed by atoms with Crippen molar-refractivity contribution in [1.82, 2.24) is 15.0 Å². The minimum atomic E-state index is 0.132. The van der Waals surface area contributed by atoms with Gasteiger partial charge in [0.2, 0.25) is 17.6 Å². The highest BCUT2D eigenvalue weighted by Gasteiger charge is 2.22. The van der Waals surface area contributed by atoms with Crippen LogP contribution in [0.15, 0.2) is 53.1 Å². The van der Waals surface area contributed by atoms with Gasteiger partial charge in [-0.05, 0) is 50.5 Å². The van der Waals surface area contributed by atoms with E-state index in [-0.39, 0.29) is 12.5 Å². The van der Waals surface area contributed by atoms with E-state index < -0.39 is 0 Å². The summed E-state index contributed by atoms with van der Waals surface area (Å²) in [5, 5.41) is 4.13. The lowest BCUT2D eigenvalue weighted by atomic mass is 10.1. The van der Waals surface area contributed by atoms with Crippen molar-refractivity contribution in [3.63, 3.8) is 0 Å². The van der Waals surface area contributed by atoms with Crippen molar-refractivity contribution in [2.45, 2.75) is 32.7 Å². The van der Waals surface area contributed by atoms with Gasteiger partial charge in [-0.2, -0.15) is 4.98 Å². The number of methoxy groups -OCH3 is 1. The van der Waals surface area contributed by atoms with Crippen LogP contribution in [0, 0.1) is 6.92 Å². The number of amides is 1. The Morgan fingerprint density at radius 3 is 2.65 bits per heavy atom. The van der Waals surface area contributed by atoms with Gasteiger partial charge in [-0.1, -0.05) is 35.0 Å². The molecular weight excluding hydrogens is 392 g/mol. The number of anilines is 1. The van der Waals surface area contributed by atoms with E-state index >= 15 is 0 Å². The fourth-order valence-corrected chi connectivity index (χ4v) is 3.76. The van der Waals surface area contributed by atoms with E-state index in [2.05, 4.69) is 10.1 Å². The molecule has 31 heavy (non-hydrogen) atoms. The van der Waals surface area contributed by atoms with Crippen LogP contribution in [-0.4, -0.2) is 47.7 Å². The molecule has 1 amide bonds. The molecule has 0 N–H and O–H groups in total. The lowest BCUT2D eigenvalue weighted by Crippen LogP contribution is -2.42. The maximum atomic E-state index is 12.9. The molecule has 2 aromatic carbocycles. The Morgan fingerprint density at radius 1 is 1.13 bits per heavy atom. The summed E-state index contributed by atoms with van der Waals surface area (Å²) < 4.78 is 10.8. The third-order valence-corrected chi connectivity index (χ3v) is 5.56. The smallest absolute Gasteiger partial charge is 0.246 e. The highest BCUT2D eigenvalue weighted by Crippen LogP contribution is 2.23. The quantitative estimate of drug-likeness (QED) is 0.574. The van der Waals surface area contributed by atoms with Gasteiger partial charge in [0.25, 0.3) is 0 Å². The Labute approximate surface area is 182 Å². The summed E-state index contributed by atoms with van der Waals surface area (Å²) in [5.41, 5.74) is 2.95. The number of aromatic nitrogens is 2. The van der Waals surface area contributed by atoms with Gasteiger partial charge in [0.15, 0.2) is 0 Å². The molecule has 1 aromatic heterocycles. The molecule has 0 atom stereocenters. The van der Waals surface area contributed by atoms with Crippen molar-refractivity contribution in [2.24, 2.45) is 0 Å². The number of carbonyl (C=O) groups excluding carboxylic acids is 1. The van der Waals surface area contributed by atoms with Gasteiger partial charge in [-0.15, -0.1) is 0 Å². The van der Waals surface area contributed by atoms with Crippen molar-refractivity contribution < 1.29 is 14.1 Å². The summed E-state index contributed by atoms with van der Waals surface area (Å²) in [7, 11) is 1.62. The van der Waals surface area contributed by atoms with Crippen LogP contribution in [0.3, 0.4) is 0 Å². The topological polar surface area (TPSA) is 71.7 Å². The average molecular weight is 421 g/mol. The number of aryl methyl sites for hydroxylation is 1. The molecule has 4 rings (SSSR count). The lowest BCUT2D eigenvalue weighted by Gasteiger charge is -2.30. The first-order valence-corrected chi connectivity index (χ1v) is 10.7. The zero-order valence-corrected chi connectivity index (χ0v) is 18.1. The molecule has 1 fully saturated rings. The van der Waals surface area contributed by atoms with E-state index in [1.54, 1.807) is 7.11 Å². The van der Waals surface area contributed by atoms with Crippen LogP contribution in [0.2, 0.25) is 0 Å². The number of hydrogen-bond acceptors (Lipinski definition) is 6. The Kier molecular flexibility index (Phi) is 6.50. The number of carbonyl (C=O) groups is 1. The Bertz CT molecular complexity index is 1010. The predicted molar refractivity (Wildman–Crippen MR) is 119 cm³/mol. The van der Waals surface area contributed by atoms with Crippen LogP contribution in [0.5, 0.6) is 5.75 Å². The molecule has 0 radical (unpaired) electrons. The van der Waals surface area contributed by atoms with Gasteiger partial charge in [-0.3, -0.25) is 4.79 Å². The summed E-state index contributed by atoms with van der Waals surface area (Å²) >= 11 is 0. The molecule has 7 heteroatoms. The first kappa shape index (κ1) is 20.9. The Hall–Kier alpha value is -3.35. The van der Waals surface area contributed by atoms with Gasteiger partial charge in [0.05, 0.1) is 20.2 Å². The van der Waals surface area contributed by atoms with Gasteiger partial charge < -0.3 is 19.1 Å². The molecule has 0 bridgehead atoms. The van der Waals surface area contributed by atoms with Gasteiger partial charge >= 0.3 is 0 Å². The second-order valence-corrected chi connectivity index (χ2v) is 7.88. The molecule has 2 heterocycles. The first-order valence-electron chi connectivity index (χ1n) is 10.7. The van der Waals surface area contributed by atoms with E-state index in [1.165, 1.54) is 12.0 Å². The first-order chi connectivity index (χ1) is 15.1. The molecule has 0 unspecified atom stereocenters. The minimum absolute atomic E-state index is 0.132.